The van der Waals surface area contributed by atoms with E-state index in [0.29, 0.717) is 6.10 Å². The summed E-state index contributed by atoms with van der Waals surface area (Å²) in [4.78, 5) is 6.89. The van der Waals surface area contributed by atoms with E-state index in [0.717, 1.165) is 44.9 Å². The smallest absolute Gasteiger partial charge is 0.213 e. The maximum Gasteiger partial charge on any atom is 0.213 e. The zero-order chi connectivity index (χ0) is 12.9. The van der Waals surface area contributed by atoms with Gasteiger partial charge in [0, 0.05) is 19.2 Å². The highest BCUT2D eigenvalue weighted by Gasteiger charge is 2.15. The molecule has 2 fully saturated rings. The van der Waals surface area contributed by atoms with E-state index in [9.17, 15) is 0 Å². The lowest BCUT2D eigenvalue weighted by molar-refractivity contribution is 0.156. The Labute approximate surface area is 115 Å². The van der Waals surface area contributed by atoms with Gasteiger partial charge in [-0.25, -0.2) is 4.98 Å². The first-order valence-electron chi connectivity index (χ1n) is 7.50. The van der Waals surface area contributed by atoms with Gasteiger partial charge in [-0.05, 0) is 51.3 Å². The highest BCUT2D eigenvalue weighted by molar-refractivity contribution is 5.45. The fraction of sp³-hybridized carbons (Fsp3) is 0.667. The van der Waals surface area contributed by atoms with Gasteiger partial charge in [0.1, 0.15) is 6.10 Å². The average molecular weight is 261 g/mol. The van der Waals surface area contributed by atoms with Crippen LogP contribution >= 0.6 is 0 Å². The predicted octanol–water partition coefficient (Wildman–Crippen LogP) is 2.20. The van der Waals surface area contributed by atoms with Crippen molar-refractivity contribution in [1.82, 2.24) is 10.3 Å². The maximum absolute atomic E-state index is 5.93. The largest absolute Gasteiger partial charge is 0.474 e. The zero-order valence-corrected chi connectivity index (χ0v) is 11.5. The Bertz CT molecular complexity index is 381. The van der Waals surface area contributed by atoms with Gasteiger partial charge in [0.2, 0.25) is 5.88 Å². The molecule has 0 atom stereocenters. The molecule has 4 nitrogen and oxygen atoms in total. The molecule has 2 aliphatic heterocycles. The average Bonchev–Trinajstić information content (AvgIpc) is 2.50. The van der Waals surface area contributed by atoms with Crippen molar-refractivity contribution in [2.24, 2.45) is 0 Å². The van der Waals surface area contributed by atoms with Crippen molar-refractivity contribution in [3.05, 3.63) is 18.3 Å². The standard InChI is InChI=1S/C15H23N3O/c1-2-10-18(11-3-1)13-4-5-15(17-12-13)19-14-6-8-16-9-7-14/h4-5,12,14,16H,1-3,6-11H2. The fourth-order valence-electron chi connectivity index (χ4n) is 2.87. The van der Waals surface area contributed by atoms with Gasteiger partial charge < -0.3 is 15.0 Å². The van der Waals surface area contributed by atoms with E-state index in [-0.39, 0.29) is 0 Å². The van der Waals surface area contributed by atoms with Crippen molar-refractivity contribution >= 4 is 5.69 Å². The number of rotatable bonds is 3. The van der Waals surface area contributed by atoms with E-state index in [2.05, 4.69) is 21.3 Å². The first-order valence-corrected chi connectivity index (χ1v) is 7.50. The Morgan fingerprint density at radius 3 is 2.58 bits per heavy atom. The third-order valence-corrected chi connectivity index (χ3v) is 4.02. The number of piperidine rings is 2. The molecule has 3 rings (SSSR count). The van der Waals surface area contributed by atoms with Crippen LogP contribution in [0.4, 0.5) is 5.69 Å². The molecule has 2 saturated heterocycles. The lowest BCUT2D eigenvalue weighted by atomic mass is 10.1. The maximum atomic E-state index is 5.93. The summed E-state index contributed by atoms with van der Waals surface area (Å²) in [6.07, 6.45) is 8.41. The quantitative estimate of drug-likeness (QED) is 0.905. The Morgan fingerprint density at radius 2 is 1.89 bits per heavy atom. The molecule has 1 aromatic rings. The lowest BCUT2D eigenvalue weighted by Crippen LogP contribution is -2.34. The molecule has 0 aliphatic carbocycles. The zero-order valence-electron chi connectivity index (χ0n) is 11.5. The van der Waals surface area contributed by atoms with E-state index in [1.807, 2.05) is 12.3 Å². The highest BCUT2D eigenvalue weighted by Crippen LogP contribution is 2.21. The van der Waals surface area contributed by atoms with Crippen molar-refractivity contribution in [3.8, 4) is 5.88 Å². The Morgan fingerprint density at radius 1 is 1.11 bits per heavy atom. The van der Waals surface area contributed by atoms with Crippen molar-refractivity contribution in [2.75, 3.05) is 31.1 Å². The van der Waals surface area contributed by atoms with Crippen molar-refractivity contribution < 1.29 is 4.74 Å². The van der Waals surface area contributed by atoms with Crippen molar-refractivity contribution in [2.45, 2.75) is 38.2 Å². The first-order chi connectivity index (χ1) is 9.42. The number of hydrogen-bond donors (Lipinski definition) is 1. The third kappa shape index (κ3) is 3.38. The summed E-state index contributed by atoms with van der Waals surface area (Å²) in [6, 6.07) is 4.17. The van der Waals surface area contributed by atoms with Gasteiger partial charge in [-0.3, -0.25) is 0 Å². The third-order valence-electron chi connectivity index (χ3n) is 4.02. The number of pyridine rings is 1. The Hall–Kier alpha value is -1.29. The van der Waals surface area contributed by atoms with Crippen LogP contribution in [0, 0.1) is 0 Å². The van der Waals surface area contributed by atoms with Crippen LogP contribution in [0.25, 0.3) is 0 Å². The summed E-state index contributed by atoms with van der Waals surface area (Å²) in [5.74, 6) is 0.771. The number of anilines is 1. The first kappa shape index (κ1) is 12.7. The van der Waals surface area contributed by atoms with E-state index in [1.165, 1.54) is 24.9 Å². The molecule has 0 amide bonds. The number of ether oxygens (including phenoxy) is 1. The molecule has 19 heavy (non-hydrogen) atoms. The van der Waals surface area contributed by atoms with E-state index < -0.39 is 0 Å². The molecule has 0 bridgehead atoms. The van der Waals surface area contributed by atoms with E-state index in [1.54, 1.807) is 0 Å². The normalized spacial score (nSPS) is 21.4. The monoisotopic (exact) mass is 261 g/mol. The van der Waals surface area contributed by atoms with Gasteiger partial charge in [-0.15, -0.1) is 0 Å². The minimum atomic E-state index is 0.328. The topological polar surface area (TPSA) is 37.4 Å². The van der Waals surface area contributed by atoms with Gasteiger partial charge in [0.25, 0.3) is 0 Å². The fourth-order valence-corrected chi connectivity index (χ4v) is 2.87. The second kappa shape index (κ2) is 6.24. The summed E-state index contributed by atoms with van der Waals surface area (Å²) in [7, 11) is 0. The molecular formula is C15H23N3O. The second-order valence-electron chi connectivity index (χ2n) is 5.47. The molecule has 1 aromatic heterocycles. The van der Waals surface area contributed by atoms with Crippen molar-refractivity contribution in [1.29, 1.82) is 0 Å². The van der Waals surface area contributed by atoms with Crippen LogP contribution in [0.2, 0.25) is 0 Å². The minimum Gasteiger partial charge on any atom is -0.474 e. The van der Waals surface area contributed by atoms with E-state index >= 15 is 0 Å². The van der Waals surface area contributed by atoms with Gasteiger partial charge in [-0.2, -0.15) is 0 Å². The highest BCUT2D eigenvalue weighted by atomic mass is 16.5. The molecule has 0 aromatic carbocycles. The SMILES string of the molecule is c1cc(OC2CCNCC2)ncc1N1CCCCC1. The predicted molar refractivity (Wildman–Crippen MR) is 76.8 cm³/mol. The summed E-state index contributed by atoms with van der Waals surface area (Å²) in [5.41, 5.74) is 1.23. The molecule has 0 saturated carbocycles. The van der Waals surface area contributed by atoms with Crippen LogP contribution in [0.15, 0.2) is 18.3 Å². The van der Waals surface area contributed by atoms with Crippen LogP contribution in [0.5, 0.6) is 5.88 Å². The number of nitrogens with one attached hydrogen (secondary N) is 1. The number of hydrogen-bond acceptors (Lipinski definition) is 4. The summed E-state index contributed by atoms with van der Waals surface area (Å²) in [6.45, 7) is 4.43. The summed E-state index contributed by atoms with van der Waals surface area (Å²) >= 11 is 0. The van der Waals surface area contributed by atoms with Crippen LogP contribution in [0.1, 0.15) is 32.1 Å². The van der Waals surface area contributed by atoms with Gasteiger partial charge in [0.15, 0.2) is 0 Å². The number of aromatic nitrogens is 1. The molecule has 104 valence electrons. The van der Waals surface area contributed by atoms with Gasteiger partial charge in [0.05, 0.1) is 11.9 Å². The summed E-state index contributed by atoms with van der Waals surface area (Å²) in [5, 5.41) is 3.35. The molecule has 0 spiro atoms. The lowest BCUT2D eigenvalue weighted by Gasteiger charge is -2.28. The molecule has 3 heterocycles. The van der Waals surface area contributed by atoms with Crippen LogP contribution in [-0.2, 0) is 0 Å². The Balaban J connectivity index is 1.58. The molecular weight excluding hydrogens is 238 g/mol. The molecule has 0 radical (unpaired) electrons. The minimum absolute atomic E-state index is 0.328. The van der Waals surface area contributed by atoms with Crippen molar-refractivity contribution in [3.63, 3.8) is 0 Å². The molecule has 4 heteroatoms. The molecule has 0 unspecified atom stereocenters. The van der Waals surface area contributed by atoms with Gasteiger partial charge in [-0.1, -0.05) is 0 Å². The van der Waals surface area contributed by atoms with Crippen LogP contribution < -0.4 is 15.0 Å². The molecule has 1 N–H and O–H groups in total. The van der Waals surface area contributed by atoms with E-state index in [4.69, 9.17) is 4.74 Å². The number of nitrogens with zero attached hydrogens (tertiary/aromatic N) is 2. The Kier molecular flexibility index (Phi) is 4.18. The second-order valence-corrected chi connectivity index (χ2v) is 5.47. The van der Waals surface area contributed by atoms with Crippen LogP contribution in [0.3, 0.4) is 0 Å². The summed E-state index contributed by atoms with van der Waals surface area (Å²) < 4.78 is 5.93. The molecule has 2 aliphatic rings. The van der Waals surface area contributed by atoms with Gasteiger partial charge >= 0.3 is 0 Å². The van der Waals surface area contributed by atoms with Crippen LogP contribution in [-0.4, -0.2) is 37.3 Å².